The minimum atomic E-state index is -4.59. The van der Waals surface area contributed by atoms with Crippen molar-refractivity contribution in [3.05, 3.63) is 77.1 Å². The topological polar surface area (TPSA) is 59.6 Å². The van der Waals surface area contributed by atoms with E-state index in [0.29, 0.717) is 23.7 Å². The fourth-order valence-corrected chi connectivity index (χ4v) is 2.80. The van der Waals surface area contributed by atoms with Crippen LogP contribution in [0.15, 0.2) is 60.4 Å². The predicted octanol–water partition coefficient (Wildman–Crippen LogP) is 4.55. The Bertz CT molecular complexity index is 982. The molecule has 2 N–H and O–H groups in total. The van der Waals surface area contributed by atoms with Gasteiger partial charge in [-0.1, -0.05) is 12.1 Å². The maximum absolute atomic E-state index is 13.2. The Morgan fingerprint density at radius 2 is 1.97 bits per heavy atom. The molecule has 0 aromatic heterocycles. The molecular formula is C21H19F3N2O3. The van der Waals surface area contributed by atoms with E-state index in [1.54, 1.807) is 30.5 Å². The quantitative estimate of drug-likeness (QED) is 0.768. The van der Waals surface area contributed by atoms with Crippen molar-refractivity contribution in [2.75, 3.05) is 13.7 Å². The molecule has 0 atom stereocenters. The molecule has 1 aliphatic rings. The number of para-hydroxylation sites is 1. The molecule has 2 aromatic carbocycles. The first-order valence-electron chi connectivity index (χ1n) is 8.73. The highest BCUT2D eigenvalue weighted by Gasteiger charge is 2.32. The summed E-state index contributed by atoms with van der Waals surface area (Å²) in [5.74, 6) is -0.00141. The molecule has 152 valence electrons. The van der Waals surface area contributed by atoms with Crippen molar-refractivity contribution in [1.29, 1.82) is 0 Å². The van der Waals surface area contributed by atoms with Crippen molar-refractivity contribution in [2.24, 2.45) is 0 Å². The predicted molar refractivity (Wildman–Crippen MR) is 102 cm³/mol. The van der Waals surface area contributed by atoms with Crippen LogP contribution >= 0.6 is 0 Å². The van der Waals surface area contributed by atoms with Gasteiger partial charge in [0, 0.05) is 12.2 Å². The number of hydrogen-bond donors (Lipinski definition) is 2. The van der Waals surface area contributed by atoms with Crippen LogP contribution in [0.1, 0.15) is 21.5 Å². The van der Waals surface area contributed by atoms with Gasteiger partial charge in [-0.2, -0.15) is 13.2 Å². The number of hydrogen-bond acceptors (Lipinski definition) is 4. The van der Waals surface area contributed by atoms with E-state index < -0.39 is 17.6 Å². The molecule has 0 radical (unpaired) electrons. The molecule has 0 unspecified atom stereocenters. The first-order valence-corrected chi connectivity index (χ1v) is 8.73. The summed E-state index contributed by atoms with van der Waals surface area (Å²) >= 11 is 0. The number of aryl methyl sites for hydroxylation is 1. The monoisotopic (exact) mass is 404 g/mol. The second kappa shape index (κ2) is 8.30. The van der Waals surface area contributed by atoms with E-state index in [1.165, 1.54) is 7.11 Å². The van der Waals surface area contributed by atoms with Crippen LogP contribution in [0, 0.1) is 6.92 Å². The largest absolute Gasteiger partial charge is 0.493 e. The second-order valence-electron chi connectivity index (χ2n) is 6.27. The molecule has 0 aliphatic carbocycles. The maximum atomic E-state index is 13.2. The molecular weight excluding hydrogens is 385 g/mol. The standard InChI is InChI=1S/C21H19F3N2O3/c1-13-4-3-5-18(19(13)28-2)29-17-7-6-14(21(22,23)24)12-16(17)20(27)26-15-8-10-25-11-9-15/h3-10,12,25H,11H2,1-2H3,(H,26,27). The Hall–Kier alpha value is -3.42. The second-order valence-corrected chi connectivity index (χ2v) is 6.27. The number of rotatable bonds is 5. The molecule has 0 bridgehead atoms. The molecule has 29 heavy (non-hydrogen) atoms. The zero-order valence-corrected chi connectivity index (χ0v) is 15.8. The van der Waals surface area contributed by atoms with Crippen LogP contribution in [-0.4, -0.2) is 19.6 Å². The Kier molecular flexibility index (Phi) is 5.81. The van der Waals surface area contributed by atoms with Crippen LogP contribution in [0.3, 0.4) is 0 Å². The molecule has 0 saturated heterocycles. The lowest BCUT2D eigenvalue weighted by atomic mass is 10.1. The highest BCUT2D eigenvalue weighted by atomic mass is 19.4. The van der Waals surface area contributed by atoms with Crippen molar-refractivity contribution in [3.8, 4) is 17.2 Å². The first kappa shape index (κ1) is 20.3. The van der Waals surface area contributed by atoms with Gasteiger partial charge in [-0.05, 0) is 55.1 Å². The molecule has 1 aliphatic heterocycles. The molecule has 0 spiro atoms. The summed E-state index contributed by atoms with van der Waals surface area (Å²) in [4.78, 5) is 12.7. The number of nitrogens with one attached hydrogen (secondary N) is 2. The van der Waals surface area contributed by atoms with E-state index in [9.17, 15) is 18.0 Å². The van der Waals surface area contributed by atoms with Gasteiger partial charge >= 0.3 is 6.18 Å². The van der Waals surface area contributed by atoms with Gasteiger partial charge in [-0.15, -0.1) is 0 Å². The third-order valence-electron chi connectivity index (χ3n) is 4.23. The van der Waals surface area contributed by atoms with Crippen molar-refractivity contribution in [1.82, 2.24) is 10.6 Å². The fourth-order valence-electron chi connectivity index (χ4n) is 2.80. The van der Waals surface area contributed by atoms with Gasteiger partial charge in [0.15, 0.2) is 11.5 Å². The summed E-state index contributed by atoms with van der Waals surface area (Å²) in [5, 5.41) is 5.52. The molecule has 3 rings (SSSR count). The summed E-state index contributed by atoms with van der Waals surface area (Å²) in [6, 6.07) is 7.93. The minimum absolute atomic E-state index is 0.0158. The van der Waals surface area contributed by atoms with Crippen LogP contribution in [0.2, 0.25) is 0 Å². The van der Waals surface area contributed by atoms with Gasteiger partial charge in [0.25, 0.3) is 5.91 Å². The number of alkyl halides is 3. The number of benzene rings is 2. The van der Waals surface area contributed by atoms with Crippen LogP contribution in [0.25, 0.3) is 0 Å². The number of dihydropyridines is 1. The summed E-state index contributed by atoms with van der Waals surface area (Å²) < 4.78 is 50.7. The van der Waals surface area contributed by atoms with Gasteiger partial charge in [0.2, 0.25) is 0 Å². The average molecular weight is 404 g/mol. The van der Waals surface area contributed by atoms with Crippen LogP contribution in [0.5, 0.6) is 17.2 Å². The molecule has 0 fully saturated rings. The van der Waals surface area contributed by atoms with Gasteiger partial charge < -0.3 is 20.1 Å². The Balaban J connectivity index is 2.00. The number of carbonyl (C=O) groups excluding carboxylic acids is 1. The zero-order chi connectivity index (χ0) is 21.0. The van der Waals surface area contributed by atoms with E-state index in [0.717, 1.165) is 23.8 Å². The van der Waals surface area contributed by atoms with E-state index in [-0.39, 0.29) is 11.3 Å². The minimum Gasteiger partial charge on any atom is -0.493 e. The van der Waals surface area contributed by atoms with Gasteiger partial charge in [-0.25, -0.2) is 0 Å². The van der Waals surface area contributed by atoms with Crippen LogP contribution in [0.4, 0.5) is 13.2 Å². The number of methoxy groups -OCH3 is 1. The van der Waals surface area contributed by atoms with E-state index >= 15 is 0 Å². The lowest BCUT2D eigenvalue weighted by Gasteiger charge is -2.17. The molecule has 8 heteroatoms. The van der Waals surface area contributed by atoms with Crippen molar-refractivity contribution < 1.29 is 27.4 Å². The average Bonchev–Trinajstić information content (AvgIpc) is 2.68. The summed E-state index contributed by atoms with van der Waals surface area (Å²) in [7, 11) is 1.46. The molecule has 0 saturated carbocycles. The first-order chi connectivity index (χ1) is 13.8. The van der Waals surface area contributed by atoms with Crippen molar-refractivity contribution >= 4 is 5.91 Å². The lowest BCUT2D eigenvalue weighted by molar-refractivity contribution is -0.137. The molecule has 1 heterocycles. The maximum Gasteiger partial charge on any atom is 0.416 e. The van der Waals surface area contributed by atoms with Crippen LogP contribution < -0.4 is 20.1 Å². The summed E-state index contributed by atoms with van der Waals surface area (Å²) in [6.45, 7) is 2.31. The number of carbonyl (C=O) groups is 1. The Morgan fingerprint density at radius 1 is 1.17 bits per heavy atom. The zero-order valence-electron chi connectivity index (χ0n) is 15.8. The summed E-state index contributed by atoms with van der Waals surface area (Å²) in [5.41, 5.74) is 0.0791. The SMILES string of the molecule is COc1c(C)cccc1Oc1ccc(C(F)(F)F)cc1C(=O)NC1=CCNC=C1. The van der Waals surface area contributed by atoms with Crippen molar-refractivity contribution in [3.63, 3.8) is 0 Å². The summed E-state index contributed by atoms with van der Waals surface area (Å²) in [6.07, 6.45) is 0.355. The van der Waals surface area contributed by atoms with E-state index in [1.807, 2.05) is 13.0 Å². The van der Waals surface area contributed by atoms with Crippen LogP contribution in [-0.2, 0) is 6.18 Å². The third-order valence-corrected chi connectivity index (χ3v) is 4.23. The highest BCUT2D eigenvalue weighted by Crippen LogP contribution is 2.38. The number of allylic oxidation sites excluding steroid dienone is 1. The van der Waals surface area contributed by atoms with E-state index in [4.69, 9.17) is 9.47 Å². The number of amides is 1. The molecule has 5 nitrogen and oxygen atoms in total. The van der Waals surface area contributed by atoms with Gasteiger partial charge in [-0.3, -0.25) is 4.79 Å². The number of halogens is 3. The fraction of sp³-hybridized carbons (Fsp3) is 0.190. The van der Waals surface area contributed by atoms with Crippen molar-refractivity contribution in [2.45, 2.75) is 13.1 Å². The van der Waals surface area contributed by atoms with Gasteiger partial charge in [0.05, 0.1) is 18.2 Å². The third kappa shape index (κ3) is 4.71. The lowest BCUT2D eigenvalue weighted by Crippen LogP contribution is -2.25. The Labute approximate surface area is 165 Å². The normalized spacial score (nSPS) is 13.3. The molecule has 1 amide bonds. The number of ether oxygens (including phenoxy) is 2. The van der Waals surface area contributed by atoms with Gasteiger partial charge in [0.1, 0.15) is 5.75 Å². The highest BCUT2D eigenvalue weighted by molar-refractivity contribution is 5.98. The molecule has 2 aromatic rings. The smallest absolute Gasteiger partial charge is 0.416 e. The van der Waals surface area contributed by atoms with E-state index in [2.05, 4.69) is 10.6 Å². The Morgan fingerprint density at radius 3 is 2.62 bits per heavy atom.